The first-order chi connectivity index (χ1) is 6.50. The Balaban J connectivity index is 2.90. The van der Waals surface area contributed by atoms with Gasteiger partial charge in [-0.25, -0.2) is 4.98 Å². The maximum Gasteiger partial charge on any atom is 0.224 e. The first kappa shape index (κ1) is 10.8. The summed E-state index contributed by atoms with van der Waals surface area (Å²) < 4.78 is 0. The zero-order chi connectivity index (χ0) is 10.7. The largest absolute Gasteiger partial charge is 0.394 e. The molecule has 0 atom stereocenters. The predicted octanol–water partition coefficient (Wildman–Crippen LogP) is 2.01. The van der Waals surface area contributed by atoms with Gasteiger partial charge in [0.05, 0.1) is 11.4 Å². The van der Waals surface area contributed by atoms with Gasteiger partial charge in [-0.1, -0.05) is 12.2 Å². The number of nitrogen functional groups attached to an aromatic ring is 1. The molecule has 0 bridgehead atoms. The van der Waals surface area contributed by atoms with Crippen LogP contribution >= 0.6 is 11.6 Å². The Morgan fingerprint density at radius 1 is 1.57 bits per heavy atom. The number of aromatic nitrogens is 2. The number of aryl methyl sites for hydroxylation is 1. The fourth-order valence-electron chi connectivity index (χ4n) is 0.917. The molecule has 1 heterocycles. The summed E-state index contributed by atoms with van der Waals surface area (Å²) >= 11 is 5.70. The van der Waals surface area contributed by atoms with Crippen molar-refractivity contribution in [2.45, 2.75) is 13.8 Å². The molecule has 0 aliphatic carbocycles. The van der Waals surface area contributed by atoms with E-state index in [0.717, 1.165) is 5.57 Å². The van der Waals surface area contributed by atoms with Gasteiger partial charge < -0.3 is 11.1 Å². The monoisotopic (exact) mass is 212 g/mol. The van der Waals surface area contributed by atoms with Crippen LogP contribution in [0.4, 0.5) is 11.5 Å². The highest BCUT2D eigenvalue weighted by molar-refractivity contribution is 6.28. The van der Waals surface area contributed by atoms with Crippen LogP contribution in [0.15, 0.2) is 12.2 Å². The molecule has 76 valence electrons. The van der Waals surface area contributed by atoms with Gasteiger partial charge in [-0.3, -0.25) is 0 Å². The lowest BCUT2D eigenvalue weighted by molar-refractivity contribution is 1.08. The van der Waals surface area contributed by atoms with Crippen molar-refractivity contribution in [2.24, 2.45) is 0 Å². The van der Waals surface area contributed by atoms with Crippen molar-refractivity contribution in [1.82, 2.24) is 9.97 Å². The van der Waals surface area contributed by atoms with E-state index in [9.17, 15) is 0 Å². The van der Waals surface area contributed by atoms with E-state index in [4.69, 9.17) is 17.3 Å². The molecule has 0 fully saturated rings. The van der Waals surface area contributed by atoms with Gasteiger partial charge in [0.15, 0.2) is 5.82 Å². The van der Waals surface area contributed by atoms with Crippen molar-refractivity contribution in [1.29, 1.82) is 0 Å². The third kappa shape index (κ3) is 2.60. The third-order valence-corrected chi connectivity index (χ3v) is 1.84. The number of nitrogens with two attached hydrogens (primary N) is 1. The molecular formula is C9H13ClN4. The Kier molecular flexibility index (Phi) is 3.30. The fraction of sp³-hybridized carbons (Fsp3) is 0.333. The minimum Gasteiger partial charge on any atom is -0.394 e. The number of anilines is 2. The maximum absolute atomic E-state index is 5.76. The van der Waals surface area contributed by atoms with Crippen molar-refractivity contribution >= 4 is 23.1 Å². The molecule has 0 spiro atoms. The van der Waals surface area contributed by atoms with E-state index < -0.39 is 0 Å². The van der Waals surface area contributed by atoms with Crippen LogP contribution in [0.5, 0.6) is 0 Å². The lowest BCUT2D eigenvalue weighted by Crippen LogP contribution is -2.09. The van der Waals surface area contributed by atoms with Crippen molar-refractivity contribution < 1.29 is 0 Å². The summed E-state index contributed by atoms with van der Waals surface area (Å²) in [6.07, 6.45) is 0. The minimum absolute atomic E-state index is 0.195. The summed E-state index contributed by atoms with van der Waals surface area (Å²) in [4.78, 5) is 7.91. The smallest absolute Gasteiger partial charge is 0.224 e. The Bertz CT molecular complexity index is 362. The second-order valence-corrected chi connectivity index (χ2v) is 3.49. The van der Waals surface area contributed by atoms with Crippen LogP contribution in [0.1, 0.15) is 12.6 Å². The highest BCUT2D eigenvalue weighted by Gasteiger charge is 2.06. The summed E-state index contributed by atoms with van der Waals surface area (Å²) in [6.45, 7) is 8.09. The van der Waals surface area contributed by atoms with Gasteiger partial charge in [-0.05, 0) is 25.4 Å². The lowest BCUT2D eigenvalue weighted by Gasteiger charge is -2.09. The van der Waals surface area contributed by atoms with Crippen molar-refractivity contribution in [2.75, 3.05) is 17.6 Å². The summed E-state index contributed by atoms with van der Waals surface area (Å²) in [7, 11) is 0. The average molecular weight is 213 g/mol. The summed E-state index contributed by atoms with van der Waals surface area (Å²) in [5.41, 5.74) is 7.96. The van der Waals surface area contributed by atoms with Gasteiger partial charge in [-0.2, -0.15) is 4.98 Å². The molecule has 14 heavy (non-hydrogen) atoms. The Morgan fingerprint density at radius 3 is 2.79 bits per heavy atom. The van der Waals surface area contributed by atoms with Gasteiger partial charge >= 0.3 is 0 Å². The third-order valence-electron chi connectivity index (χ3n) is 1.67. The van der Waals surface area contributed by atoms with E-state index in [-0.39, 0.29) is 5.28 Å². The molecule has 0 radical (unpaired) electrons. The number of nitrogens with one attached hydrogen (secondary N) is 1. The van der Waals surface area contributed by atoms with E-state index in [1.165, 1.54) is 0 Å². The molecule has 0 saturated heterocycles. The standard InChI is InChI=1S/C9H13ClN4/c1-5(2)4-12-8-7(11)6(3)13-9(10)14-8/h1,4,11H2,2-3H3,(H,12,13,14). The maximum atomic E-state index is 5.76. The van der Waals surface area contributed by atoms with Gasteiger partial charge in [0.25, 0.3) is 0 Å². The van der Waals surface area contributed by atoms with E-state index in [1.807, 2.05) is 6.92 Å². The minimum atomic E-state index is 0.195. The molecule has 4 nitrogen and oxygen atoms in total. The second kappa shape index (κ2) is 4.28. The van der Waals surface area contributed by atoms with E-state index >= 15 is 0 Å². The summed E-state index contributed by atoms with van der Waals surface area (Å²) in [5.74, 6) is 0.561. The van der Waals surface area contributed by atoms with Crippen LogP contribution in [0.25, 0.3) is 0 Å². The van der Waals surface area contributed by atoms with Crippen LogP contribution in [-0.4, -0.2) is 16.5 Å². The number of hydrogen-bond acceptors (Lipinski definition) is 4. The topological polar surface area (TPSA) is 63.8 Å². The van der Waals surface area contributed by atoms with Gasteiger partial charge in [0.1, 0.15) is 0 Å². The molecule has 1 aromatic heterocycles. The van der Waals surface area contributed by atoms with E-state index in [2.05, 4.69) is 21.9 Å². The zero-order valence-electron chi connectivity index (χ0n) is 8.26. The fourth-order valence-corrected chi connectivity index (χ4v) is 1.13. The van der Waals surface area contributed by atoms with E-state index in [0.29, 0.717) is 23.7 Å². The highest BCUT2D eigenvalue weighted by atomic mass is 35.5. The Labute approximate surface area is 88.2 Å². The van der Waals surface area contributed by atoms with Crippen LogP contribution in [-0.2, 0) is 0 Å². The van der Waals surface area contributed by atoms with Crippen LogP contribution in [0, 0.1) is 6.92 Å². The molecule has 0 aromatic carbocycles. The Morgan fingerprint density at radius 2 is 2.21 bits per heavy atom. The van der Waals surface area contributed by atoms with Gasteiger partial charge in [0, 0.05) is 6.54 Å². The van der Waals surface area contributed by atoms with Crippen molar-refractivity contribution in [3.8, 4) is 0 Å². The average Bonchev–Trinajstić information content (AvgIpc) is 2.08. The summed E-state index contributed by atoms with van der Waals surface area (Å²) in [6, 6.07) is 0. The molecule has 0 unspecified atom stereocenters. The van der Waals surface area contributed by atoms with Gasteiger partial charge in [-0.15, -0.1) is 0 Å². The van der Waals surface area contributed by atoms with Crippen molar-refractivity contribution in [3.63, 3.8) is 0 Å². The highest BCUT2D eigenvalue weighted by Crippen LogP contribution is 2.20. The molecule has 0 amide bonds. The van der Waals surface area contributed by atoms with Crippen molar-refractivity contribution in [3.05, 3.63) is 23.1 Å². The van der Waals surface area contributed by atoms with Gasteiger partial charge in [0.2, 0.25) is 5.28 Å². The van der Waals surface area contributed by atoms with Crippen LogP contribution < -0.4 is 11.1 Å². The lowest BCUT2D eigenvalue weighted by atomic mass is 10.3. The molecule has 3 N–H and O–H groups in total. The molecule has 1 aromatic rings. The predicted molar refractivity (Wildman–Crippen MR) is 59.5 cm³/mol. The number of rotatable bonds is 3. The first-order valence-corrected chi connectivity index (χ1v) is 4.56. The molecule has 0 aliphatic heterocycles. The quantitative estimate of drug-likeness (QED) is 0.594. The van der Waals surface area contributed by atoms with Crippen LogP contribution in [0.3, 0.4) is 0 Å². The molecule has 5 heteroatoms. The number of nitrogens with zero attached hydrogens (tertiary/aromatic N) is 2. The number of hydrogen-bond donors (Lipinski definition) is 2. The van der Waals surface area contributed by atoms with Crippen LogP contribution in [0.2, 0.25) is 5.28 Å². The summed E-state index contributed by atoms with van der Waals surface area (Å²) in [5, 5.41) is 3.23. The number of halogens is 1. The molecule has 0 saturated carbocycles. The first-order valence-electron chi connectivity index (χ1n) is 4.18. The normalized spacial score (nSPS) is 9.93. The molecular weight excluding hydrogens is 200 g/mol. The van der Waals surface area contributed by atoms with E-state index in [1.54, 1.807) is 6.92 Å². The zero-order valence-corrected chi connectivity index (χ0v) is 9.02. The second-order valence-electron chi connectivity index (χ2n) is 3.15. The molecule has 0 aliphatic rings. The molecule has 1 rings (SSSR count). The Hall–Kier alpha value is -1.29. The SMILES string of the molecule is C=C(C)CNc1nc(Cl)nc(C)c1N.